The summed E-state index contributed by atoms with van der Waals surface area (Å²) < 4.78 is 26.6. The van der Waals surface area contributed by atoms with Crippen molar-refractivity contribution in [3.05, 3.63) is 30.3 Å². The lowest BCUT2D eigenvalue weighted by Crippen LogP contribution is -2.51. The van der Waals surface area contributed by atoms with Crippen molar-refractivity contribution in [1.82, 2.24) is 9.21 Å². The molecule has 2 rings (SSSR count). The van der Waals surface area contributed by atoms with Crippen LogP contribution >= 0.6 is 0 Å². The summed E-state index contributed by atoms with van der Waals surface area (Å²) in [6.07, 6.45) is 0. The van der Waals surface area contributed by atoms with Gasteiger partial charge in [-0.15, -0.1) is 0 Å². The summed E-state index contributed by atoms with van der Waals surface area (Å²) in [6.45, 7) is 8.42. The molecule has 21 heavy (non-hydrogen) atoms. The van der Waals surface area contributed by atoms with Gasteiger partial charge in [0.2, 0.25) is 10.0 Å². The second kappa shape index (κ2) is 6.44. The average molecular weight is 311 g/mol. The van der Waals surface area contributed by atoms with Crippen molar-refractivity contribution in [1.29, 1.82) is 0 Å². The molecule has 0 radical (unpaired) electrons. The predicted octanol–water partition coefficient (Wildman–Crippen LogP) is 0.978. The van der Waals surface area contributed by atoms with E-state index in [1.54, 1.807) is 28.6 Å². The zero-order chi connectivity index (χ0) is 15.5. The maximum Gasteiger partial charge on any atom is 0.243 e. The Morgan fingerprint density at radius 3 is 2.19 bits per heavy atom. The number of nitrogens with two attached hydrogens (primary N) is 1. The number of hydrogen-bond acceptors (Lipinski definition) is 4. The minimum Gasteiger partial charge on any atom is -0.330 e. The van der Waals surface area contributed by atoms with E-state index in [2.05, 4.69) is 18.7 Å². The molecule has 0 aromatic heterocycles. The van der Waals surface area contributed by atoms with Crippen LogP contribution in [-0.2, 0) is 10.0 Å². The molecule has 2 N–H and O–H groups in total. The van der Waals surface area contributed by atoms with E-state index in [4.69, 9.17) is 5.73 Å². The molecule has 6 heteroatoms. The highest BCUT2D eigenvalue weighted by Crippen LogP contribution is 2.20. The van der Waals surface area contributed by atoms with Gasteiger partial charge in [-0.25, -0.2) is 8.42 Å². The number of benzene rings is 1. The zero-order valence-corrected chi connectivity index (χ0v) is 13.6. The van der Waals surface area contributed by atoms with Crippen LogP contribution in [0.4, 0.5) is 0 Å². The van der Waals surface area contributed by atoms with E-state index >= 15 is 0 Å². The Labute approximate surface area is 127 Å². The Morgan fingerprint density at radius 2 is 1.67 bits per heavy atom. The van der Waals surface area contributed by atoms with Gasteiger partial charge < -0.3 is 10.6 Å². The quantitative estimate of drug-likeness (QED) is 0.880. The highest BCUT2D eigenvalue weighted by atomic mass is 32.2. The van der Waals surface area contributed by atoms with Crippen LogP contribution in [0.25, 0.3) is 0 Å². The first-order chi connectivity index (χ1) is 9.85. The molecular weight excluding hydrogens is 286 g/mol. The predicted molar refractivity (Wildman–Crippen MR) is 84.5 cm³/mol. The van der Waals surface area contributed by atoms with E-state index in [0.29, 0.717) is 24.5 Å². The van der Waals surface area contributed by atoms with E-state index in [9.17, 15) is 8.42 Å². The van der Waals surface area contributed by atoms with E-state index < -0.39 is 10.0 Å². The Balaban J connectivity index is 1.98. The molecule has 5 nitrogen and oxygen atoms in total. The average Bonchev–Trinajstić information content (AvgIpc) is 2.48. The van der Waals surface area contributed by atoms with Crippen molar-refractivity contribution in [2.24, 2.45) is 11.1 Å². The molecule has 0 unspecified atom stereocenters. The summed E-state index contributed by atoms with van der Waals surface area (Å²) in [5, 5.41) is 0. The molecule has 1 aliphatic heterocycles. The third-order valence-corrected chi connectivity index (χ3v) is 5.83. The van der Waals surface area contributed by atoms with Crippen LogP contribution in [-0.4, -0.2) is 56.9 Å². The second-order valence-electron chi connectivity index (χ2n) is 6.36. The van der Waals surface area contributed by atoms with Crippen molar-refractivity contribution >= 4 is 10.0 Å². The SMILES string of the molecule is CC(C)(CN)CN1CCN(S(=O)(=O)c2ccccc2)CC1. The molecule has 0 spiro atoms. The molecule has 0 amide bonds. The van der Waals surface area contributed by atoms with Crippen molar-refractivity contribution in [3.8, 4) is 0 Å². The first-order valence-electron chi connectivity index (χ1n) is 7.33. The van der Waals surface area contributed by atoms with E-state index in [-0.39, 0.29) is 5.41 Å². The van der Waals surface area contributed by atoms with Crippen molar-refractivity contribution < 1.29 is 8.42 Å². The monoisotopic (exact) mass is 311 g/mol. The number of piperazine rings is 1. The van der Waals surface area contributed by atoms with Gasteiger partial charge in [-0.05, 0) is 24.1 Å². The Morgan fingerprint density at radius 1 is 1.10 bits per heavy atom. The third-order valence-electron chi connectivity index (χ3n) is 3.92. The molecule has 0 saturated carbocycles. The summed E-state index contributed by atoms with van der Waals surface area (Å²) >= 11 is 0. The van der Waals surface area contributed by atoms with Gasteiger partial charge in [-0.3, -0.25) is 0 Å². The van der Waals surface area contributed by atoms with Crippen LogP contribution in [0.3, 0.4) is 0 Å². The molecule has 1 aromatic carbocycles. The fourth-order valence-corrected chi connectivity index (χ4v) is 3.98. The van der Waals surface area contributed by atoms with Crippen LogP contribution in [0.5, 0.6) is 0 Å². The normalized spacial score (nSPS) is 18.8. The molecule has 1 aromatic rings. The first kappa shape index (κ1) is 16.4. The van der Waals surface area contributed by atoms with Crippen LogP contribution in [0.1, 0.15) is 13.8 Å². The maximum absolute atomic E-state index is 12.5. The lowest BCUT2D eigenvalue weighted by atomic mass is 9.93. The highest BCUT2D eigenvalue weighted by molar-refractivity contribution is 7.89. The number of nitrogens with zero attached hydrogens (tertiary/aromatic N) is 2. The van der Waals surface area contributed by atoms with Crippen LogP contribution in [0, 0.1) is 5.41 Å². The minimum absolute atomic E-state index is 0.0699. The smallest absolute Gasteiger partial charge is 0.243 e. The maximum atomic E-state index is 12.5. The summed E-state index contributed by atoms with van der Waals surface area (Å²) in [5.74, 6) is 0. The van der Waals surface area contributed by atoms with Crippen molar-refractivity contribution in [2.75, 3.05) is 39.3 Å². The van der Waals surface area contributed by atoms with Gasteiger partial charge in [0.1, 0.15) is 0 Å². The first-order valence-corrected chi connectivity index (χ1v) is 8.77. The third kappa shape index (κ3) is 4.03. The standard InChI is InChI=1S/C15H25N3O2S/c1-15(2,12-16)13-17-8-10-18(11-9-17)21(19,20)14-6-4-3-5-7-14/h3-7H,8-13,16H2,1-2H3. The highest BCUT2D eigenvalue weighted by Gasteiger charge is 2.30. The Bertz CT molecular complexity index is 550. The van der Waals surface area contributed by atoms with Gasteiger partial charge >= 0.3 is 0 Å². The molecule has 1 saturated heterocycles. The number of sulfonamides is 1. The van der Waals surface area contributed by atoms with E-state index in [1.165, 1.54) is 0 Å². The number of hydrogen-bond donors (Lipinski definition) is 1. The van der Waals surface area contributed by atoms with Crippen molar-refractivity contribution in [2.45, 2.75) is 18.7 Å². The van der Waals surface area contributed by atoms with Crippen LogP contribution < -0.4 is 5.73 Å². The minimum atomic E-state index is -3.35. The van der Waals surface area contributed by atoms with E-state index in [1.807, 2.05) is 6.07 Å². The van der Waals surface area contributed by atoms with Gasteiger partial charge in [0.05, 0.1) is 4.90 Å². The fourth-order valence-electron chi connectivity index (χ4n) is 2.54. The molecule has 0 atom stereocenters. The van der Waals surface area contributed by atoms with Gasteiger partial charge in [0.25, 0.3) is 0 Å². The van der Waals surface area contributed by atoms with Crippen molar-refractivity contribution in [3.63, 3.8) is 0 Å². The van der Waals surface area contributed by atoms with E-state index in [0.717, 1.165) is 19.6 Å². The summed E-state index contributed by atoms with van der Waals surface area (Å²) in [4.78, 5) is 2.67. The lowest BCUT2D eigenvalue weighted by molar-refractivity contribution is 0.136. The molecule has 0 bridgehead atoms. The second-order valence-corrected chi connectivity index (χ2v) is 8.30. The van der Waals surface area contributed by atoms with Gasteiger partial charge in [0, 0.05) is 32.7 Å². The van der Waals surface area contributed by atoms with Gasteiger partial charge in [-0.1, -0.05) is 32.0 Å². The van der Waals surface area contributed by atoms with Gasteiger partial charge in [0.15, 0.2) is 0 Å². The van der Waals surface area contributed by atoms with Gasteiger partial charge in [-0.2, -0.15) is 4.31 Å². The van der Waals surface area contributed by atoms with Crippen LogP contribution in [0.15, 0.2) is 35.2 Å². The zero-order valence-electron chi connectivity index (χ0n) is 12.8. The number of rotatable bonds is 5. The molecule has 118 valence electrons. The Kier molecular flexibility index (Phi) is 5.03. The molecule has 1 fully saturated rings. The topological polar surface area (TPSA) is 66.6 Å². The summed E-state index contributed by atoms with van der Waals surface area (Å²) in [7, 11) is -3.35. The molecule has 0 aliphatic carbocycles. The Hall–Kier alpha value is -0.950. The molecule has 1 aliphatic rings. The van der Waals surface area contributed by atoms with Crippen LogP contribution in [0.2, 0.25) is 0 Å². The lowest BCUT2D eigenvalue weighted by Gasteiger charge is -2.38. The fraction of sp³-hybridized carbons (Fsp3) is 0.600. The summed E-state index contributed by atoms with van der Waals surface area (Å²) in [6, 6.07) is 8.64. The largest absolute Gasteiger partial charge is 0.330 e. The summed E-state index contributed by atoms with van der Waals surface area (Å²) in [5.41, 5.74) is 5.83. The molecule has 1 heterocycles. The molecular formula is C15H25N3O2S.